The van der Waals surface area contributed by atoms with Crippen molar-refractivity contribution in [2.24, 2.45) is 5.10 Å². The van der Waals surface area contributed by atoms with Crippen molar-refractivity contribution in [1.82, 2.24) is 5.43 Å². The van der Waals surface area contributed by atoms with Crippen LogP contribution in [0.3, 0.4) is 0 Å². The molecule has 1 N–H and O–H groups in total. The highest BCUT2D eigenvalue weighted by Crippen LogP contribution is 2.29. The molecule has 0 saturated heterocycles. The molecule has 0 radical (unpaired) electrons. The normalized spacial score (nSPS) is 10.7. The average Bonchev–Trinajstić information content (AvgIpc) is 2.80. The van der Waals surface area contributed by atoms with Gasteiger partial charge in [0.15, 0.2) is 18.1 Å². The molecule has 0 unspecified atom stereocenters. The molecule has 34 heavy (non-hydrogen) atoms. The second-order valence-electron chi connectivity index (χ2n) is 6.69. The van der Waals surface area contributed by atoms with Gasteiger partial charge < -0.3 is 14.2 Å². The van der Waals surface area contributed by atoms with Crippen LogP contribution in [0.1, 0.15) is 22.8 Å². The van der Waals surface area contributed by atoms with Gasteiger partial charge in [0.1, 0.15) is 5.75 Å². The van der Waals surface area contributed by atoms with Gasteiger partial charge in [0, 0.05) is 9.50 Å². The van der Waals surface area contributed by atoms with Crippen molar-refractivity contribution in [2.45, 2.75) is 6.92 Å². The highest BCUT2D eigenvalue weighted by Gasteiger charge is 2.13. The molecule has 3 rings (SSSR count). The summed E-state index contributed by atoms with van der Waals surface area (Å²) in [6, 6.07) is 16.4. The van der Waals surface area contributed by atoms with Gasteiger partial charge in [0.05, 0.1) is 23.4 Å². The Hall–Kier alpha value is -3.07. The molecular weight excluding hydrogens is 547 g/mol. The summed E-state index contributed by atoms with van der Waals surface area (Å²) in [6.45, 7) is 1.90. The van der Waals surface area contributed by atoms with E-state index in [2.05, 4.69) is 26.5 Å². The first-order chi connectivity index (χ1) is 16.4. The third kappa shape index (κ3) is 7.48. The lowest BCUT2D eigenvalue weighted by atomic mass is 10.2. The smallest absolute Gasteiger partial charge is 0.343 e. The zero-order valence-electron chi connectivity index (χ0n) is 17.9. The van der Waals surface area contributed by atoms with Crippen LogP contribution < -0.4 is 19.6 Å². The number of nitrogens with zero attached hydrogens (tertiary/aromatic N) is 1. The number of rotatable bonds is 9. The number of benzene rings is 3. The molecule has 0 aromatic heterocycles. The molecule has 0 aliphatic carbocycles. The lowest BCUT2D eigenvalue weighted by Crippen LogP contribution is -2.24. The minimum Gasteiger partial charge on any atom is -0.490 e. The Kier molecular flexibility index (Phi) is 9.33. The number of hydrogen-bond acceptors (Lipinski definition) is 6. The number of carbonyl (C=O) groups is 2. The van der Waals surface area contributed by atoms with Crippen molar-refractivity contribution in [3.63, 3.8) is 0 Å². The van der Waals surface area contributed by atoms with Crippen molar-refractivity contribution in [2.75, 3.05) is 13.2 Å². The van der Waals surface area contributed by atoms with Crippen molar-refractivity contribution in [1.29, 1.82) is 0 Å². The standard InChI is InChI=1S/C24H19BrCl2N2O5/c1-2-32-22-11-15(3-9-21(22)34-24(31)16-4-6-17(25)7-5-16)13-28-29-23(30)14-33-20-10-8-18(26)12-19(20)27/h3-13H,2,14H2,1H3,(H,29,30)/b28-13+. The first kappa shape index (κ1) is 25.6. The van der Waals surface area contributed by atoms with Gasteiger partial charge in [-0.3, -0.25) is 4.79 Å². The van der Waals surface area contributed by atoms with Crippen LogP contribution in [0, 0.1) is 0 Å². The monoisotopic (exact) mass is 564 g/mol. The number of ether oxygens (including phenoxy) is 3. The first-order valence-corrected chi connectivity index (χ1v) is 11.5. The maximum Gasteiger partial charge on any atom is 0.343 e. The maximum absolute atomic E-state index is 12.4. The van der Waals surface area contributed by atoms with E-state index in [4.69, 9.17) is 37.4 Å². The quantitative estimate of drug-likeness (QED) is 0.151. The van der Waals surface area contributed by atoms with Gasteiger partial charge in [-0.2, -0.15) is 5.10 Å². The molecule has 0 heterocycles. The van der Waals surface area contributed by atoms with Gasteiger partial charge >= 0.3 is 5.97 Å². The van der Waals surface area contributed by atoms with Crippen molar-refractivity contribution >= 4 is 57.2 Å². The molecule has 0 bridgehead atoms. The molecule has 7 nitrogen and oxygen atoms in total. The van der Waals surface area contributed by atoms with Gasteiger partial charge in [-0.25, -0.2) is 10.2 Å². The molecule has 0 aliphatic heterocycles. The summed E-state index contributed by atoms with van der Waals surface area (Å²) in [5, 5.41) is 4.68. The Labute approximate surface area is 214 Å². The van der Waals surface area contributed by atoms with Gasteiger partial charge in [0.25, 0.3) is 5.91 Å². The van der Waals surface area contributed by atoms with Crippen LogP contribution in [-0.4, -0.2) is 31.3 Å². The van der Waals surface area contributed by atoms with E-state index in [1.54, 1.807) is 54.6 Å². The summed E-state index contributed by atoms with van der Waals surface area (Å²) in [5.41, 5.74) is 3.39. The molecule has 0 atom stereocenters. The molecule has 0 fully saturated rings. The number of halogens is 3. The van der Waals surface area contributed by atoms with E-state index in [0.717, 1.165) is 4.47 Å². The Morgan fingerprint density at radius 2 is 1.71 bits per heavy atom. The van der Waals surface area contributed by atoms with E-state index in [0.29, 0.717) is 39.3 Å². The van der Waals surface area contributed by atoms with E-state index >= 15 is 0 Å². The molecule has 3 aromatic rings. The number of carbonyl (C=O) groups excluding carboxylic acids is 2. The molecule has 1 amide bonds. The van der Waals surface area contributed by atoms with Gasteiger partial charge in [-0.1, -0.05) is 39.1 Å². The molecular formula is C24H19BrCl2N2O5. The van der Waals surface area contributed by atoms with Gasteiger partial charge in [-0.15, -0.1) is 0 Å². The SMILES string of the molecule is CCOc1cc(/C=N/NC(=O)COc2ccc(Cl)cc2Cl)ccc1OC(=O)c1ccc(Br)cc1. The zero-order valence-corrected chi connectivity index (χ0v) is 21.0. The molecule has 10 heteroatoms. The van der Waals surface area contributed by atoms with Crippen LogP contribution in [0.2, 0.25) is 10.0 Å². The predicted octanol–water partition coefficient (Wildman–Crippen LogP) is 5.90. The lowest BCUT2D eigenvalue weighted by Gasteiger charge is -2.11. The second-order valence-corrected chi connectivity index (χ2v) is 8.45. The van der Waals surface area contributed by atoms with Crippen LogP contribution in [-0.2, 0) is 4.79 Å². The second kappa shape index (κ2) is 12.4. The number of nitrogens with one attached hydrogen (secondary N) is 1. The zero-order chi connectivity index (χ0) is 24.5. The number of hydrogen-bond donors (Lipinski definition) is 1. The first-order valence-electron chi connectivity index (χ1n) is 10.00. The largest absolute Gasteiger partial charge is 0.490 e. The fourth-order valence-electron chi connectivity index (χ4n) is 2.65. The molecule has 0 aliphatic rings. The summed E-state index contributed by atoms with van der Waals surface area (Å²) in [7, 11) is 0. The van der Waals surface area contributed by atoms with Crippen LogP contribution in [0.25, 0.3) is 0 Å². The van der Waals surface area contributed by atoms with Crippen LogP contribution >= 0.6 is 39.1 Å². The maximum atomic E-state index is 12.4. The molecule has 176 valence electrons. The Morgan fingerprint density at radius 3 is 2.41 bits per heavy atom. The van der Waals surface area contributed by atoms with Crippen LogP contribution in [0.15, 0.2) is 70.2 Å². The minimum absolute atomic E-state index is 0.268. The minimum atomic E-state index is -0.511. The highest BCUT2D eigenvalue weighted by molar-refractivity contribution is 9.10. The number of amides is 1. The number of hydrazone groups is 1. The van der Waals surface area contributed by atoms with E-state index in [1.165, 1.54) is 12.3 Å². The number of esters is 1. The van der Waals surface area contributed by atoms with Gasteiger partial charge in [0.2, 0.25) is 0 Å². The topological polar surface area (TPSA) is 86.2 Å². The summed E-state index contributed by atoms with van der Waals surface area (Å²) in [6.07, 6.45) is 1.43. The summed E-state index contributed by atoms with van der Waals surface area (Å²) in [4.78, 5) is 24.4. The Bertz CT molecular complexity index is 1200. The molecule has 0 saturated carbocycles. The van der Waals surface area contributed by atoms with Crippen LogP contribution in [0.5, 0.6) is 17.2 Å². The summed E-state index contributed by atoms with van der Waals surface area (Å²) < 4.78 is 17.3. The fourth-order valence-corrected chi connectivity index (χ4v) is 3.38. The van der Waals surface area contributed by atoms with E-state index < -0.39 is 11.9 Å². The van der Waals surface area contributed by atoms with Crippen molar-refractivity contribution in [3.8, 4) is 17.2 Å². The van der Waals surface area contributed by atoms with Crippen LogP contribution in [0.4, 0.5) is 0 Å². The Morgan fingerprint density at radius 1 is 0.971 bits per heavy atom. The average molecular weight is 566 g/mol. The Balaban J connectivity index is 1.59. The summed E-state index contributed by atoms with van der Waals surface area (Å²) >= 11 is 15.2. The van der Waals surface area contributed by atoms with E-state index in [1.807, 2.05) is 6.92 Å². The third-order valence-corrected chi connectivity index (χ3v) is 5.26. The predicted molar refractivity (Wildman–Crippen MR) is 134 cm³/mol. The third-order valence-electron chi connectivity index (χ3n) is 4.21. The lowest BCUT2D eigenvalue weighted by molar-refractivity contribution is -0.123. The fraction of sp³-hybridized carbons (Fsp3) is 0.125. The van der Waals surface area contributed by atoms with Crippen molar-refractivity contribution < 1.29 is 23.8 Å². The van der Waals surface area contributed by atoms with E-state index in [9.17, 15) is 9.59 Å². The summed E-state index contributed by atoms with van der Waals surface area (Å²) in [5.74, 6) is -0.0248. The van der Waals surface area contributed by atoms with Gasteiger partial charge in [-0.05, 0) is 73.2 Å². The molecule has 0 spiro atoms. The van der Waals surface area contributed by atoms with E-state index in [-0.39, 0.29) is 12.4 Å². The van der Waals surface area contributed by atoms with Crippen molar-refractivity contribution in [3.05, 3.63) is 86.3 Å². The highest BCUT2D eigenvalue weighted by atomic mass is 79.9. The molecule has 3 aromatic carbocycles.